The van der Waals surface area contributed by atoms with E-state index in [1.54, 1.807) is 0 Å². The van der Waals surface area contributed by atoms with E-state index in [4.69, 9.17) is 9.47 Å². The molecule has 2 aliphatic rings. The first-order valence-electron chi connectivity index (χ1n) is 9.35. The van der Waals surface area contributed by atoms with Gasteiger partial charge in [-0.05, 0) is 25.2 Å². The Labute approximate surface area is 141 Å². The molecule has 0 aromatic rings. The molecule has 132 valence electrons. The van der Waals surface area contributed by atoms with Gasteiger partial charge in [0, 0.05) is 18.3 Å². The lowest BCUT2D eigenvalue weighted by molar-refractivity contribution is -0.180. The summed E-state index contributed by atoms with van der Waals surface area (Å²) in [6.45, 7) is 11.8. The maximum Gasteiger partial charge on any atom is 0.302 e. The first-order chi connectivity index (χ1) is 10.9. The summed E-state index contributed by atoms with van der Waals surface area (Å²) in [5.41, 5.74) is 1.40. The SMILES string of the molecule is CCCCCC[C@@H]1OC[C@]2(COC(C)=O)[C@@H](C)C=C(C)[C@H]1[C@@H]2C. The lowest BCUT2D eigenvalue weighted by atomic mass is 9.56. The van der Waals surface area contributed by atoms with Crippen LogP contribution in [0.25, 0.3) is 0 Å². The Hall–Kier alpha value is -0.830. The Kier molecular flexibility index (Phi) is 6.30. The van der Waals surface area contributed by atoms with Crippen LogP contribution in [0.4, 0.5) is 0 Å². The second-order valence-corrected chi connectivity index (χ2v) is 7.73. The van der Waals surface area contributed by atoms with E-state index < -0.39 is 0 Å². The number of fused-ring (bicyclic) bond motifs is 2. The molecule has 0 unspecified atom stereocenters. The topological polar surface area (TPSA) is 35.5 Å². The van der Waals surface area contributed by atoms with E-state index in [2.05, 4.69) is 33.8 Å². The number of esters is 1. The van der Waals surface area contributed by atoms with Crippen LogP contribution in [0.1, 0.15) is 66.7 Å². The van der Waals surface area contributed by atoms with Gasteiger partial charge in [-0.3, -0.25) is 4.79 Å². The third kappa shape index (κ3) is 3.81. The monoisotopic (exact) mass is 322 g/mol. The zero-order valence-corrected chi connectivity index (χ0v) is 15.6. The second kappa shape index (κ2) is 7.83. The van der Waals surface area contributed by atoms with Gasteiger partial charge in [-0.15, -0.1) is 0 Å². The Morgan fingerprint density at radius 2 is 2.09 bits per heavy atom. The highest BCUT2D eigenvalue weighted by Gasteiger charge is 2.53. The highest BCUT2D eigenvalue weighted by atomic mass is 16.5. The number of ether oxygens (including phenoxy) is 2. The average Bonchev–Trinajstić information content (AvgIpc) is 2.49. The molecule has 0 amide bonds. The number of carbonyl (C=O) groups is 1. The van der Waals surface area contributed by atoms with Gasteiger partial charge in [0.2, 0.25) is 0 Å². The molecule has 1 fully saturated rings. The average molecular weight is 322 g/mol. The Morgan fingerprint density at radius 3 is 2.74 bits per heavy atom. The highest BCUT2D eigenvalue weighted by Crippen LogP contribution is 2.53. The van der Waals surface area contributed by atoms with E-state index in [0.717, 1.165) is 6.42 Å². The molecule has 1 aliphatic heterocycles. The zero-order chi connectivity index (χ0) is 17.0. The molecule has 0 aromatic carbocycles. The first-order valence-corrected chi connectivity index (χ1v) is 9.35. The van der Waals surface area contributed by atoms with E-state index in [-0.39, 0.29) is 11.4 Å². The van der Waals surface area contributed by atoms with E-state index in [0.29, 0.717) is 37.1 Å². The quantitative estimate of drug-likeness (QED) is 0.385. The summed E-state index contributed by atoms with van der Waals surface area (Å²) in [5, 5.41) is 0. The molecule has 1 heterocycles. The maximum atomic E-state index is 11.3. The van der Waals surface area contributed by atoms with Gasteiger partial charge in [0.15, 0.2) is 0 Å². The summed E-state index contributed by atoms with van der Waals surface area (Å²) in [5.74, 6) is 1.15. The van der Waals surface area contributed by atoms with Crippen molar-refractivity contribution in [1.29, 1.82) is 0 Å². The minimum absolute atomic E-state index is 0.0598. The predicted octanol–water partition coefficient (Wildman–Crippen LogP) is 4.75. The standard InChI is InChI=1S/C20H34O3/c1-6-7-8-9-10-18-19-14(2)11-15(3)20(13-23-18,16(19)4)12-22-17(5)21/h11,15-16,18-19H,6-10,12-13H2,1-5H3/t15-,16-,18-,19-,20+/m0/s1. The summed E-state index contributed by atoms with van der Waals surface area (Å²) in [6.07, 6.45) is 9.02. The number of hydrogen-bond acceptors (Lipinski definition) is 3. The number of rotatable bonds is 7. The van der Waals surface area contributed by atoms with Crippen LogP contribution in [0, 0.1) is 23.2 Å². The van der Waals surface area contributed by atoms with Gasteiger partial charge in [0.05, 0.1) is 19.3 Å². The molecule has 0 spiro atoms. The van der Waals surface area contributed by atoms with Crippen molar-refractivity contribution in [3.63, 3.8) is 0 Å². The van der Waals surface area contributed by atoms with Gasteiger partial charge in [-0.2, -0.15) is 0 Å². The fourth-order valence-corrected chi connectivity index (χ4v) is 4.66. The van der Waals surface area contributed by atoms with Crippen LogP contribution < -0.4 is 0 Å². The molecule has 0 radical (unpaired) electrons. The van der Waals surface area contributed by atoms with Crippen molar-refractivity contribution in [2.45, 2.75) is 72.8 Å². The summed E-state index contributed by atoms with van der Waals surface area (Å²) in [6, 6.07) is 0. The van der Waals surface area contributed by atoms with Gasteiger partial charge in [-0.25, -0.2) is 0 Å². The van der Waals surface area contributed by atoms with Crippen molar-refractivity contribution in [2.75, 3.05) is 13.2 Å². The largest absolute Gasteiger partial charge is 0.465 e. The van der Waals surface area contributed by atoms with Crippen molar-refractivity contribution >= 4 is 5.97 Å². The molecule has 0 N–H and O–H groups in total. The lowest BCUT2D eigenvalue weighted by Crippen LogP contribution is -2.56. The second-order valence-electron chi connectivity index (χ2n) is 7.73. The van der Waals surface area contributed by atoms with Gasteiger partial charge in [-0.1, -0.05) is 58.1 Å². The molecule has 1 aliphatic carbocycles. The fraction of sp³-hybridized carbons (Fsp3) is 0.850. The summed E-state index contributed by atoms with van der Waals surface area (Å²) in [4.78, 5) is 11.3. The Bertz CT molecular complexity index is 442. The van der Waals surface area contributed by atoms with Crippen molar-refractivity contribution < 1.29 is 14.3 Å². The van der Waals surface area contributed by atoms with Gasteiger partial charge < -0.3 is 9.47 Å². The van der Waals surface area contributed by atoms with Crippen molar-refractivity contribution in [3.8, 4) is 0 Å². The van der Waals surface area contributed by atoms with Crippen LogP contribution in [-0.4, -0.2) is 25.3 Å². The normalized spacial score (nSPS) is 36.5. The molecule has 3 nitrogen and oxygen atoms in total. The molecule has 5 atom stereocenters. The predicted molar refractivity (Wildman–Crippen MR) is 93.1 cm³/mol. The van der Waals surface area contributed by atoms with E-state index >= 15 is 0 Å². The van der Waals surface area contributed by atoms with E-state index in [9.17, 15) is 4.79 Å². The third-order valence-corrected chi connectivity index (χ3v) is 6.24. The first kappa shape index (κ1) is 18.5. The molecular weight excluding hydrogens is 288 g/mol. The Balaban J connectivity index is 2.11. The fourth-order valence-electron chi connectivity index (χ4n) is 4.66. The molecule has 2 bridgehead atoms. The van der Waals surface area contributed by atoms with Crippen molar-refractivity contribution in [3.05, 3.63) is 11.6 Å². The van der Waals surface area contributed by atoms with Gasteiger partial charge >= 0.3 is 5.97 Å². The number of hydrogen-bond donors (Lipinski definition) is 0. The maximum absolute atomic E-state index is 11.3. The minimum Gasteiger partial charge on any atom is -0.465 e. The van der Waals surface area contributed by atoms with Crippen LogP contribution in [-0.2, 0) is 14.3 Å². The van der Waals surface area contributed by atoms with Crippen LogP contribution in [0.3, 0.4) is 0 Å². The highest BCUT2D eigenvalue weighted by molar-refractivity contribution is 5.65. The molecule has 2 rings (SSSR count). The molecule has 23 heavy (non-hydrogen) atoms. The number of carbonyl (C=O) groups excluding carboxylic acids is 1. The molecule has 1 saturated heterocycles. The molecule has 0 aromatic heterocycles. The lowest BCUT2D eigenvalue weighted by Gasteiger charge is -2.55. The van der Waals surface area contributed by atoms with Crippen molar-refractivity contribution in [1.82, 2.24) is 0 Å². The Morgan fingerprint density at radius 1 is 1.35 bits per heavy atom. The van der Waals surface area contributed by atoms with Crippen LogP contribution in [0.5, 0.6) is 0 Å². The third-order valence-electron chi connectivity index (χ3n) is 6.24. The summed E-state index contributed by atoms with van der Waals surface area (Å²) >= 11 is 0. The molecular formula is C20H34O3. The smallest absolute Gasteiger partial charge is 0.302 e. The van der Waals surface area contributed by atoms with E-state index in [1.165, 1.54) is 38.2 Å². The van der Waals surface area contributed by atoms with Crippen molar-refractivity contribution in [2.24, 2.45) is 23.2 Å². The number of allylic oxidation sites excluding steroid dienone is 1. The van der Waals surface area contributed by atoms with Gasteiger partial charge in [0.25, 0.3) is 0 Å². The van der Waals surface area contributed by atoms with E-state index in [1.807, 2.05) is 0 Å². The minimum atomic E-state index is -0.191. The molecule has 3 heteroatoms. The summed E-state index contributed by atoms with van der Waals surface area (Å²) < 4.78 is 11.8. The van der Waals surface area contributed by atoms with Crippen LogP contribution in [0.15, 0.2) is 11.6 Å². The van der Waals surface area contributed by atoms with Crippen LogP contribution in [0.2, 0.25) is 0 Å². The zero-order valence-electron chi connectivity index (χ0n) is 15.6. The van der Waals surface area contributed by atoms with Gasteiger partial charge in [0.1, 0.15) is 0 Å². The number of unbranched alkanes of at least 4 members (excludes halogenated alkanes) is 3. The van der Waals surface area contributed by atoms with Crippen LogP contribution >= 0.6 is 0 Å². The molecule has 0 saturated carbocycles. The summed E-state index contributed by atoms with van der Waals surface area (Å²) in [7, 11) is 0.